The van der Waals surface area contributed by atoms with Gasteiger partial charge in [0.05, 0.1) is 23.2 Å². The van der Waals surface area contributed by atoms with Crippen LogP contribution in [0.2, 0.25) is 0 Å². The van der Waals surface area contributed by atoms with Gasteiger partial charge in [0.1, 0.15) is 5.01 Å². The van der Waals surface area contributed by atoms with E-state index in [2.05, 4.69) is 31.0 Å². The maximum atomic E-state index is 12.3. The van der Waals surface area contributed by atoms with Gasteiger partial charge < -0.3 is 4.84 Å². The van der Waals surface area contributed by atoms with E-state index in [0.29, 0.717) is 16.7 Å². The van der Waals surface area contributed by atoms with Crippen LogP contribution in [0.3, 0.4) is 0 Å². The molecule has 4 rings (SSSR count). The fourth-order valence-corrected chi connectivity index (χ4v) is 3.89. The van der Waals surface area contributed by atoms with E-state index >= 15 is 0 Å². The Morgan fingerprint density at radius 3 is 2.24 bits per heavy atom. The van der Waals surface area contributed by atoms with Gasteiger partial charge in [-0.2, -0.15) is 0 Å². The number of hydroxylamine groups is 2. The van der Waals surface area contributed by atoms with Gasteiger partial charge in [0.15, 0.2) is 0 Å². The third kappa shape index (κ3) is 3.69. The monoisotopic (exact) mass is 406 g/mol. The number of hydrogen-bond acceptors (Lipinski definition) is 6. The molecule has 3 aromatic rings. The van der Waals surface area contributed by atoms with Gasteiger partial charge >= 0.3 is 5.97 Å². The van der Waals surface area contributed by atoms with Crippen LogP contribution in [0, 0.1) is 0 Å². The van der Waals surface area contributed by atoms with Gasteiger partial charge in [-0.15, -0.1) is 11.3 Å². The Bertz CT molecular complexity index is 1070. The quantitative estimate of drug-likeness (QED) is 0.593. The molecule has 0 N–H and O–H groups in total. The number of amides is 2. The lowest BCUT2D eigenvalue weighted by Crippen LogP contribution is -2.33. The lowest BCUT2D eigenvalue weighted by atomic mass is 10.0. The predicted molar refractivity (Wildman–Crippen MR) is 108 cm³/mol. The molecule has 29 heavy (non-hydrogen) atoms. The van der Waals surface area contributed by atoms with Gasteiger partial charge in [-0.1, -0.05) is 55.3 Å². The van der Waals surface area contributed by atoms with Crippen molar-refractivity contribution >= 4 is 29.1 Å². The van der Waals surface area contributed by atoms with Crippen molar-refractivity contribution in [3.8, 4) is 10.6 Å². The van der Waals surface area contributed by atoms with Gasteiger partial charge in [-0.05, 0) is 23.6 Å². The van der Waals surface area contributed by atoms with E-state index in [1.54, 1.807) is 17.5 Å². The molecule has 1 aliphatic heterocycles. The zero-order valence-corrected chi connectivity index (χ0v) is 16.7. The Balaban J connectivity index is 1.42. The molecular formula is C22H18N2O4S. The minimum Gasteiger partial charge on any atom is -0.329 e. The van der Waals surface area contributed by atoms with Gasteiger partial charge in [0, 0.05) is 10.9 Å². The third-order valence-corrected chi connectivity index (χ3v) is 5.59. The SMILES string of the molecule is CC(C)c1ccc(-c2nc(CC(=O)ON3C(=O)c4ccccc4C3=O)cs2)cc1. The van der Waals surface area contributed by atoms with E-state index < -0.39 is 17.8 Å². The minimum absolute atomic E-state index is 0.131. The van der Waals surface area contributed by atoms with Gasteiger partial charge in [-0.3, -0.25) is 9.59 Å². The summed E-state index contributed by atoms with van der Waals surface area (Å²) in [5, 5.41) is 3.09. The normalized spacial score (nSPS) is 13.1. The minimum atomic E-state index is -0.716. The number of aromatic nitrogens is 1. The number of nitrogens with zero attached hydrogens (tertiary/aromatic N) is 2. The van der Waals surface area contributed by atoms with Crippen molar-refractivity contribution in [3.63, 3.8) is 0 Å². The Hall–Kier alpha value is -3.32. The van der Waals surface area contributed by atoms with Crippen molar-refractivity contribution in [1.29, 1.82) is 0 Å². The van der Waals surface area contributed by atoms with Crippen LogP contribution >= 0.6 is 11.3 Å². The van der Waals surface area contributed by atoms with Crippen molar-refractivity contribution in [3.05, 3.63) is 76.3 Å². The molecule has 2 amide bonds. The van der Waals surface area contributed by atoms with Gasteiger partial charge in [-0.25, -0.2) is 9.78 Å². The molecule has 0 spiro atoms. The molecule has 1 aliphatic rings. The van der Waals surface area contributed by atoms with E-state index in [9.17, 15) is 14.4 Å². The molecule has 0 atom stereocenters. The summed E-state index contributed by atoms with van der Waals surface area (Å²) in [5.74, 6) is -1.54. The maximum Gasteiger partial charge on any atom is 0.339 e. The highest BCUT2D eigenvalue weighted by Gasteiger charge is 2.38. The Kier molecular flexibility index (Phi) is 4.98. The van der Waals surface area contributed by atoms with Crippen LogP contribution < -0.4 is 0 Å². The van der Waals surface area contributed by atoms with Crippen molar-refractivity contribution < 1.29 is 19.2 Å². The van der Waals surface area contributed by atoms with E-state index in [0.717, 1.165) is 10.6 Å². The zero-order chi connectivity index (χ0) is 20.5. The average Bonchev–Trinajstić information content (AvgIpc) is 3.27. The molecule has 0 radical (unpaired) electrons. The molecule has 0 saturated heterocycles. The van der Waals surface area contributed by atoms with Crippen molar-refractivity contribution in [1.82, 2.24) is 10.0 Å². The standard InChI is InChI=1S/C22H18N2O4S/c1-13(2)14-7-9-15(10-8-14)20-23-16(12-29-20)11-19(25)28-24-21(26)17-5-3-4-6-18(17)22(24)27/h3-10,12-13H,11H2,1-2H3. The lowest BCUT2D eigenvalue weighted by Gasteiger charge is -2.12. The second kappa shape index (κ2) is 7.60. The van der Waals surface area contributed by atoms with Crippen molar-refractivity contribution in [2.24, 2.45) is 0 Å². The zero-order valence-electron chi connectivity index (χ0n) is 15.9. The fraction of sp³-hybridized carbons (Fsp3) is 0.182. The molecule has 0 aliphatic carbocycles. The molecule has 0 unspecified atom stereocenters. The molecule has 0 fully saturated rings. The van der Waals surface area contributed by atoms with Crippen LogP contribution in [-0.4, -0.2) is 27.8 Å². The number of benzene rings is 2. The first-order valence-corrected chi connectivity index (χ1v) is 10.1. The first kappa shape index (κ1) is 19.0. The Morgan fingerprint density at radius 1 is 1.03 bits per heavy atom. The number of thiazole rings is 1. The number of rotatable bonds is 5. The van der Waals surface area contributed by atoms with Crippen LogP contribution in [0.5, 0.6) is 0 Å². The van der Waals surface area contributed by atoms with Gasteiger partial charge in [0.2, 0.25) is 0 Å². The van der Waals surface area contributed by atoms with Crippen LogP contribution in [0.4, 0.5) is 0 Å². The number of fused-ring (bicyclic) bond motifs is 1. The predicted octanol–water partition coefficient (Wildman–Crippen LogP) is 4.23. The third-order valence-electron chi connectivity index (χ3n) is 4.65. The molecule has 7 heteroatoms. The molecule has 2 heterocycles. The summed E-state index contributed by atoms with van der Waals surface area (Å²) >= 11 is 1.43. The number of hydrogen-bond donors (Lipinski definition) is 0. The summed E-state index contributed by atoms with van der Waals surface area (Å²) in [4.78, 5) is 46.3. The lowest BCUT2D eigenvalue weighted by molar-refractivity contribution is -0.167. The van der Waals surface area contributed by atoms with E-state index in [-0.39, 0.29) is 17.5 Å². The van der Waals surface area contributed by atoms with Crippen LogP contribution in [0.15, 0.2) is 53.9 Å². The molecule has 0 saturated carbocycles. The number of carbonyl (C=O) groups excluding carboxylic acids is 3. The number of imide groups is 1. The largest absolute Gasteiger partial charge is 0.339 e. The molecule has 146 valence electrons. The average molecular weight is 406 g/mol. The summed E-state index contributed by atoms with van der Waals surface area (Å²) in [6.45, 7) is 4.27. The summed E-state index contributed by atoms with van der Waals surface area (Å²) in [6, 6.07) is 14.5. The molecule has 2 aromatic carbocycles. The van der Waals surface area contributed by atoms with Crippen molar-refractivity contribution in [2.45, 2.75) is 26.2 Å². The maximum absolute atomic E-state index is 12.3. The van der Waals surface area contributed by atoms with Crippen molar-refractivity contribution in [2.75, 3.05) is 0 Å². The van der Waals surface area contributed by atoms with E-state index in [1.807, 2.05) is 12.1 Å². The molecular weight excluding hydrogens is 388 g/mol. The Morgan fingerprint density at radius 2 is 1.66 bits per heavy atom. The van der Waals surface area contributed by atoms with Crippen LogP contribution in [-0.2, 0) is 16.1 Å². The summed E-state index contributed by atoms with van der Waals surface area (Å²) in [6.07, 6.45) is -0.131. The van der Waals surface area contributed by atoms with Crippen LogP contribution in [0.1, 0.15) is 51.7 Å². The fourth-order valence-electron chi connectivity index (χ4n) is 3.06. The molecule has 0 bridgehead atoms. The summed E-state index contributed by atoms with van der Waals surface area (Å²) in [5.41, 5.74) is 3.20. The first-order chi connectivity index (χ1) is 13.9. The Labute approximate surface area is 171 Å². The van der Waals surface area contributed by atoms with Crippen LogP contribution in [0.25, 0.3) is 10.6 Å². The highest BCUT2D eigenvalue weighted by atomic mass is 32.1. The van der Waals surface area contributed by atoms with Gasteiger partial charge in [0.25, 0.3) is 11.8 Å². The summed E-state index contributed by atoms with van der Waals surface area (Å²) in [7, 11) is 0. The number of carbonyl (C=O) groups is 3. The second-order valence-corrected chi connectivity index (χ2v) is 7.87. The first-order valence-electron chi connectivity index (χ1n) is 9.17. The molecule has 1 aromatic heterocycles. The van der Waals surface area contributed by atoms with E-state index in [1.165, 1.54) is 29.0 Å². The van der Waals surface area contributed by atoms with E-state index in [4.69, 9.17) is 4.84 Å². The highest BCUT2D eigenvalue weighted by Crippen LogP contribution is 2.27. The summed E-state index contributed by atoms with van der Waals surface area (Å²) < 4.78 is 0. The molecule has 6 nitrogen and oxygen atoms in total. The topological polar surface area (TPSA) is 76.6 Å². The smallest absolute Gasteiger partial charge is 0.329 e. The highest BCUT2D eigenvalue weighted by molar-refractivity contribution is 7.13. The second-order valence-electron chi connectivity index (χ2n) is 7.01.